The lowest BCUT2D eigenvalue weighted by Crippen LogP contribution is -2.20. The van der Waals surface area contributed by atoms with Crippen LogP contribution in [0, 0.1) is 0 Å². The number of aliphatic hydroxyl groups is 1. The van der Waals surface area contributed by atoms with E-state index in [1.165, 1.54) is 0 Å². The molecule has 0 aliphatic heterocycles. The molecule has 1 aliphatic rings. The molecule has 0 radical (unpaired) electrons. The average Bonchev–Trinajstić information content (AvgIpc) is 2.64. The number of unbranched alkanes of at least 4 members (excludes halogenated alkanes) is 2. The summed E-state index contributed by atoms with van der Waals surface area (Å²) in [6.07, 6.45) is 9.97. The summed E-state index contributed by atoms with van der Waals surface area (Å²) in [4.78, 5) is 12.5. The molecule has 1 aliphatic carbocycles. The average molecular weight is 330 g/mol. The largest absolute Gasteiger partial charge is 0.459 e. The molecule has 2 rings (SSSR count). The van der Waals surface area contributed by atoms with Crippen LogP contribution in [0.3, 0.4) is 0 Å². The van der Waals surface area contributed by atoms with Crippen molar-refractivity contribution in [3.63, 3.8) is 0 Å². The molecule has 4 heteroatoms. The van der Waals surface area contributed by atoms with Crippen LogP contribution < -0.4 is 0 Å². The quantitative estimate of drug-likeness (QED) is 0.525. The normalized spacial score (nSPS) is 15.0. The Labute approximate surface area is 143 Å². The fourth-order valence-corrected chi connectivity index (χ4v) is 2.52. The lowest BCUT2D eigenvalue weighted by molar-refractivity contribution is -0.156. The molecule has 24 heavy (non-hydrogen) atoms. The first kappa shape index (κ1) is 18.4. The summed E-state index contributed by atoms with van der Waals surface area (Å²) in [6.45, 7) is 0.941. The van der Waals surface area contributed by atoms with Crippen molar-refractivity contribution in [2.45, 2.75) is 38.2 Å². The predicted molar refractivity (Wildman–Crippen MR) is 93.5 cm³/mol. The van der Waals surface area contributed by atoms with Gasteiger partial charge in [-0.05, 0) is 43.2 Å². The number of rotatable bonds is 10. The highest BCUT2D eigenvalue weighted by atomic mass is 16.6. The third kappa shape index (κ3) is 6.30. The molecule has 0 aromatic heterocycles. The third-order valence-electron chi connectivity index (χ3n) is 3.86. The minimum atomic E-state index is -0.700. The van der Waals surface area contributed by atoms with E-state index in [2.05, 4.69) is 12.2 Å². The maximum atomic E-state index is 12.5. The highest BCUT2D eigenvalue weighted by Gasteiger charge is 2.23. The number of allylic oxidation sites excluding steroid dienone is 2. The van der Waals surface area contributed by atoms with Crippen LogP contribution in [0.1, 0.15) is 43.8 Å². The smallest absolute Gasteiger partial charge is 0.340 e. The Morgan fingerprint density at radius 2 is 1.96 bits per heavy atom. The van der Waals surface area contributed by atoms with Crippen molar-refractivity contribution in [3.8, 4) is 0 Å². The Balaban J connectivity index is 1.90. The van der Waals surface area contributed by atoms with E-state index in [0.717, 1.165) is 43.2 Å². The number of aliphatic hydroxyl groups excluding tert-OH is 1. The van der Waals surface area contributed by atoms with Gasteiger partial charge >= 0.3 is 5.97 Å². The van der Waals surface area contributed by atoms with Crippen molar-refractivity contribution >= 4 is 5.97 Å². The van der Waals surface area contributed by atoms with Crippen molar-refractivity contribution in [1.29, 1.82) is 0 Å². The topological polar surface area (TPSA) is 55.8 Å². The molecule has 0 spiro atoms. The Kier molecular flexibility index (Phi) is 8.28. The van der Waals surface area contributed by atoms with Crippen LogP contribution in [0.25, 0.3) is 0 Å². The summed E-state index contributed by atoms with van der Waals surface area (Å²) in [5.41, 5.74) is 1.84. The first-order valence-corrected chi connectivity index (χ1v) is 8.61. The minimum Gasteiger partial charge on any atom is -0.459 e. The van der Waals surface area contributed by atoms with Gasteiger partial charge in [0.1, 0.15) is 6.61 Å². The van der Waals surface area contributed by atoms with Crippen molar-refractivity contribution < 1.29 is 19.4 Å². The highest BCUT2D eigenvalue weighted by molar-refractivity contribution is 5.76. The molecular weight excluding hydrogens is 304 g/mol. The molecular formula is C20H26O4. The number of ether oxygens (including phenoxy) is 2. The molecule has 1 atom stereocenters. The van der Waals surface area contributed by atoms with E-state index in [-0.39, 0.29) is 19.2 Å². The number of hydrogen-bond donors (Lipinski definition) is 1. The molecule has 4 nitrogen and oxygen atoms in total. The zero-order chi connectivity index (χ0) is 17.0. The van der Waals surface area contributed by atoms with Crippen molar-refractivity contribution in [2.75, 3.05) is 19.8 Å². The SMILES string of the molecule is O=C(OCC1=CCCC=C1)C(OCCCCCO)c1ccccc1. The van der Waals surface area contributed by atoms with Crippen LogP contribution >= 0.6 is 0 Å². The van der Waals surface area contributed by atoms with Gasteiger partial charge in [0.25, 0.3) is 0 Å². The number of hydrogen-bond acceptors (Lipinski definition) is 4. The molecule has 1 N–H and O–H groups in total. The van der Waals surface area contributed by atoms with Gasteiger partial charge < -0.3 is 14.6 Å². The first-order valence-electron chi connectivity index (χ1n) is 8.61. The second kappa shape index (κ2) is 10.8. The van der Waals surface area contributed by atoms with Crippen LogP contribution in [0.2, 0.25) is 0 Å². The zero-order valence-corrected chi connectivity index (χ0v) is 14.0. The summed E-state index contributed by atoms with van der Waals surface area (Å²) in [5, 5.41) is 8.81. The molecule has 0 fully saturated rings. The second-order valence-electron chi connectivity index (χ2n) is 5.81. The van der Waals surface area contributed by atoms with Crippen LogP contribution in [-0.4, -0.2) is 30.9 Å². The van der Waals surface area contributed by atoms with Gasteiger partial charge in [-0.3, -0.25) is 0 Å². The summed E-state index contributed by atoms with van der Waals surface area (Å²) in [7, 11) is 0. The fraction of sp³-hybridized carbons (Fsp3) is 0.450. The maximum absolute atomic E-state index is 12.5. The number of carbonyl (C=O) groups excluding carboxylic acids is 1. The lowest BCUT2D eigenvalue weighted by Gasteiger charge is -2.18. The van der Waals surface area contributed by atoms with E-state index in [1.54, 1.807) is 0 Å². The number of benzene rings is 1. The first-order chi connectivity index (χ1) is 11.8. The van der Waals surface area contributed by atoms with Gasteiger partial charge in [0, 0.05) is 13.2 Å². The molecule has 0 amide bonds. The number of carbonyl (C=O) groups is 1. The van der Waals surface area contributed by atoms with Gasteiger partial charge in [-0.2, -0.15) is 0 Å². The maximum Gasteiger partial charge on any atom is 0.340 e. The van der Waals surface area contributed by atoms with E-state index in [9.17, 15) is 4.79 Å². The van der Waals surface area contributed by atoms with E-state index in [0.29, 0.717) is 6.61 Å². The molecule has 0 heterocycles. The summed E-state index contributed by atoms with van der Waals surface area (Å²) in [6, 6.07) is 9.43. The van der Waals surface area contributed by atoms with Gasteiger partial charge in [-0.15, -0.1) is 0 Å². The van der Waals surface area contributed by atoms with Crippen molar-refractivity contribution in [1.82, 2.24) is 0 Å². The Morgan fingerprint density at radius 1 is 1.12 bits per heavy atom. The minimum absolute atomic E-state index is 0.187. The van der Waals surface area contributed by atoms with Gasteiger partial charge in [0.2, 0.25) is 0 Å². The van der Waals surface area contributed by atoms with Crippen LogP contribution in [0.5, 0.6) is 0 Å². The lowest BCUT2D eigenvalue weighted by atomic mass is 10.1. The standard InChI is InChI=1S/C20H26O4/c21-14-8-3-9-15-23-19(18-12-6-2-7-13-18)20(22)24-16-17-10-4-1-5-11-17/h2,4,6-7,10-13,19,21H,1,3,5,8-9,14-16H2. The monoisotopic (exact) mass is 330 g/mol. The van der Waals surface area contributed by atoms with Crippen molar-refractivity contribution in [3.05, 3.63) is 59.7 Å². The molecule has 130 valence electrons. The Bertz CT molecular complexity index is 548. The van der Waals surface area contributed by atoms with E-state index in [4.69, 9.17) is 14.6 Å². The van der Waals surface area contributed by atoms with E-state index in [1.807, 2.05) is 36.4 Å². The van der Waals surface area contributed by atoms with Crippen LogP contribution in [-0.2, 0) is 14.3 Å². The summed E-state index contributed by atoms with van der Waals surface area (Å²) >= 11 is 0. The Morgan fingerprint density at radius 3 is 2.67 bits per heavy atom. The van der Waals surface area contributed by atoms with Crippen LogP contribution in [0.15, 0.2) is 54.1 Å². The summed E-state index contributed by atoms with van der Waals surface area (Å²) in [5.74, 6) is -0.358. The highest BCUT2D eigenvalue weighted by Crippen LogP contribution is 2.20. The van der Waals surface area contributed by atoms with Gasteiger partial charge in [-0.25, -0.2) is 4.79 Å². The fourth-order valence-electron chi connectivity index (χ4n) is 2.52. The van der Waals surface area contributed by atoms with E-state index < -0.39 is 6.10 Å². The molecule has 0 bridgehead atoms. The van der Waals surface area contributed by atoms with Gasteiger partial charge in [0.05, 0.1) is 0 Å². The van der Waals surface area contributed by atoms with Gasteiger partial charge in [0.15, 0.2) is 6.10 Å². The second-order valence-corrected chi connectivity index (χ2v) is 5.81. The van der Waals surface area contributed by atoms with E-state index >= 15 is 0 Å². The summed E-state index contributed by atoms with van der Waals surface area (Å²) < 4.78 is 11.2. The molecule has 1 aromatic carbocycles. The van der Waals surface area contributed by atoms with Crippen molar-refractivity contribution in [2.24, 2.45) is 0 Å². The molecule has 0 saturated heterocycles. The zero-order valence-electron chi connectivity index (χ0n) is 14.0. The molecule has 1 aromatic rings. The molecule has 1 unspecified atom stereocenters. The van der Waals surface area contributed by atoms with Gasteiger partial charge in [-0.1, -0.05) is 48.6 Å². The van der Waals surface area contributed by atoms with Crippen LogP contribution in [0.4, 0.5) is 0 Å². The Hall–Kier alpha value is -1.91. The molecule has 0 saturated carbocycles. The number of esters is 1. The third-order valence-corrected chi connectivity index (χ3v) is 3.86. The predicted octanol–water partition coefficient (Wildman–Crippen LogP) is 3.73.